The van der Waals surface area contributed by atoms with E-state index in [2.05, 4.69) is 5.32 Å². The van der Waals surface area contributed by atoms with Gasteiger partial charge in [0.05, 0.1) is 16.5 Å². The van der Waals surface area contributed by atoms with E-state index >= 15 is 4.39 Å². The van der Waals surface area contributed by atoms with Crippen LogP contribution in [0.2, 0.25) is 0 Å². The summed E-state index contributed by atoms with van der Waals surface area (Å²) in [5, 5.41) is 13.0. The largest absolute Gasteiger partial charge is 0.478 e. The van der Waals surface area contributed by atoms with E-state index in [1.807, 2.05) is 18.2 Å². The SMILES string of the molecule is O=C(O)c1cc(NC(=O)C2(c3ccc(C(F)(F)F)cc3F)CC2)cc(F)c1-c1cc2ccccc2s1. The molecule has 1 amide bonds. The van der Waals surface area contributed by atoms with Crippen LogP contribution in [0.25, 0.3) is 20.5 Å². The molecule has 184 valence electrons. The number of carbonyl (C=O) groups excluding carboxylic acids is 1. The van der Waals surface area contributed by atoms with Gasteiger partial charge < -0.3 is 10.4 Å². The van der Waals surface area contributed by atoms with E-state index in [1.165, 1.54) is 11.3 Å². The quantitative estimate of drug-likeness (QED) is 0.275. The lowest BCUT2D eigenvalue weighted by Crippen LogP contribution is -2.29. The Morgan fingerprint density at radius 1 is 0.944 bits per heavy atom. The maximum Gasteiger partial charge on any atom is 0.416 e. The fraction of sp³-hybridized carbons (Fsp3) is 0.154. The molecule has 0 radical (unpaired) electrons. The minimum Gasteiger partial charge on any atom is -0.478 e. The molecule has 1 heterocycles. The van der Waals surface area contributed by atoms with Crippen molar-refractivity contribution in [2.24, 2.45) is 0 Å². The molecule has 3 aromatic carbocycles. The highest BCUT2D eigenvalue weighted by Gasteiger charge is 2.53. The van der Waals surface area contributed by atoms with Gasteiger partial charge in [-0.3, -0.25) is 4.79 Å². The molecule has 1 aliphatic rings. The van der Waals surface area contributed by atoms with Crippen molar-refractivity contribution in [1.29, 1.82) is 0 Å². The number of rotatable bonds is 5. The lowest BCUT2D eigenvalue weighted by Gasteiger charge is -2.18. The number of carboxylic acid groups (broad SMARTS) is 1. The number of hydrogen-bond donors (Lipinski definition) is 2. The van der Waals surface area contributed by atoms with Crippen LogP contribution in [0.4, 0.5) is 27.6 Å². The summed E-state index contributed by atoms with van der Waals surface area (Å²) in [7, 11) is 0. The van der Waals surface area contributed by atoms with Crippen LogP contribution in [0.3, 0.4) is 0 Å². The van der Waals surface area contributed by atoms with Crippen molar-refractivity contribution >= 4 is 39.0 Å². The van der Waals surface area contributed by atoms with E-state index in [4.69, 9.17) is 0 Å². The third kappa shape index (κ3) is 4.11. The number of nitrogens with one attached hydrogen (secondary N) is 1. The molecule has 1 aromatic heterocycles. The van der Waals surface area contributed by atoms with Crippen LogP contribution in [0.5, 0.6) is 0 Å². The van der Waals surface area contributed by atoms with E-state index in [1.54, 1.807) is 12.1 Å². The van der Waals surface area contributed by atoms with Crippen LogP contribution in [-0.4, -0.2) is 17.0 Å². The number of hydrogen-bond acceptors (Lipinski definition) is 3. The molecule has 1 saturated carbocycles. The standard InChI is InChI=1S/C26H16F5NO3S/c27-18-10-14(26(29,30)31)5-6-17(18)25(7-8-25)24(35)32-15-11-16(23(33)34)22(19(28)12-15)21-9-13-3-1-2-4-20(13)36-21/h1-6,9-12H,7-8H2,(H,32,35)(H,33,34). The van der Waals surface area contributed by atoms with Crippen LogP contribution in [0.1, 0.15) is 34.3 Å². The second-order valence-corrected chi connectivity index (χ2v) is 9.65. The first-order chi connectivity index (χ1) is 17.0. The summed E-state index contributed by atoms with van der Waals surface area (Å²) in [6, 6.07) is 13.0. The van der Waals surface area contributed by atoms with Gasteiger partial charge in [0.25, 0.3) is 0 Å². The maximum atomic E-state index is 15.2. The fourth-order valence-corrected chi connectivity index (χ4v) is 5.40. The monoisotopic (exact) mass is 517 g/mol. The molecule has 10 heteroatoms. The lowest BCUT2D eigenvalue weighted by atomic mass is 9.93. The minimum absolute atomic E-state index is 0.128. The van der Waals surface area contributed by atoms with E-state index in [-0.39, 0.29) is 35.2 Å². The maximum absolute atomic E-state index is 15.2. The normalized spacial score (nSPS) is 14.6. The second kappa shape index (κ2) is 8.41. The van der Waals surface area contributed by atoms with Gasteiger partial charge in [-0.1, -0.05) is 24.3 Å². The van der Waals surface area contributed by atoms with Gasteiger partial charge >= 0.3 is 12.1 Å². The molecular weight excluding hydrogens is 501 g/mol. The zero-order valence-electron chi connectivity index (χ0n) is 18.2. The molecule has 0 unspecified atom stereocenters. The van der Waals surface area contributed by atoms with Gasteiger partial charge in [0.1, 0.15) is 11.6 Å². The zero-order chi connectivity index (χ0) is 25.8. The van der Waals surface area contributed by atoms with Crippen molar-refractivity contribution in [3.8, 4) is 10.4 Å². The Hall–Kier alpha value is -3.79. The molecule has 2 N–H and O–H groups in total. The third-order valence-electron chi connectivity index (χ3n) is 6.25. The topological polar surface area (TPSA) is 66.4 Å². The van der Waals surface area contributed by atoms with E-state index in [0.717, 1.165) is 28.3 Å². The minimum atomic E-state index is -4.74. The predicted molar refractivity (Wildman–Crippen MR) is 125 cm³/mol. The van der Waals surface area contributed by atoms with Crippen molar-refractivity contribution in [2.75, 3.05) is 5.32 Å². The number of benzene rings is 3. The Morgan fingerprint density at radius 2 is 1.67 bits per heavy atom. The number of anilines is 1. The second-order valence-electron chi connectivity index (χ2n) is 8.56. The van der Waals surface area contributed by atoms with Crippen molar-refractivity contribution in [3.63, 3.8) is 0 Å². The summed E-state index contributed by atoms with van der Waals surface area (Å²) in [5.74, 6) is -4.21. The number of carboxylic acids is 1. The van der Waals surface area contributed by atoms with Crippen LogP contribution >= 0.6 is 11.3 Å². The van der Waals surface area contributed by atoms with Crippen LogP contribution < -0.4 is 5.32 Å². The van der Waals surface area contributed by atoms with Gasteiger partial charge in [-0.2, -0.15) is 13.2 Å². The number of fused-ring (bicyclic) bond motifs is 1. The van der Waals surface area contributed by atoms with Crippen molar-refractivity contribution in [2.45, 2.75) is 24.4 Å². The Kier molecular flexibility index (Phi) is 5.59. The first-order valence-electron chi connectivity index (χ1n) is 10.7. The number of halogens is 5. The Balaban J connectivity index is 1.48. The molecular formula is C26H16F5NO3S. The van der Waals surface area contributed by atoms with Gasteiger partial charge in [-0.15, -0.1) is 11.3 Å². The smallest absolute Gasteiger partial charge is 0.416 e. The fourth-order valence-electron chi connectivity index (χ4n) is 4.28. The number of thiophene rings is 1. The first-order valence-corrected chi connectivity index (χ1v) is 11.6. The Morgan fingerprint density at radius 3 is 2.28 bits per heavy atom. The Labute approximate surface area is 205 Å². The molecule has 0 bridgehead atoms. The predicted octanol–water partition coefficient (Wildman–Crippen LogP) is 7.23. The van der Waals surface area contributed by atoms with Crippen molar-refractivity contribution in [1.82, 2.24) is 0 Å². The van der Waals surface area contributed by atoms with Gasteiger partial charge in [-0.25, -0.2) is 13.6 Å². The highest BCUT2D eigenvalue weighted by molar-refractivity contribution is 7.22. The highest BCUT2D eigenvalue weighted by Crippen LogP contribution is 2.50. The molecule has 0 atom stereocenters. The average molecular weight is 517 g/mol. The highest BCUT2D eigenvalue weighted by atomic mass is 32.1. The summed E-state index contributed by atoms with van der Waals surface area (Å²) in [6.07, 6.45) is -4.39. The summed E-state index contributed by atoms with van der Waals surface area (Å²) < 4.78 is 69.3. The number of aromatic carboxylic acids is 1. The van der Waals surface area contributed by atoms with Crippen LogP contribution in [0.15, 0.2) is 60.7 Å². The number of carbonyl (C=O) groups is 2. The Bertz CT molecular complexity index is 1510. The molecule has 0 spiro atoms. The molecule has 0 saturated heterocycles. The zero-order valence-corrected chi connectivity index (χ0v) is 19.1. The molecule has 1 aliphatic carbocycles. The lowest BCUT2D eigenvalue weighted by molar-refractivity contribution is -0.137. The number of alkyl halides is 3. The van der Waals surface area contributed by atoms with Gasteiger partial charge in [0.15, 0.2) is 0 Å². The van der Waals surface area contributed by atoms with Crippen molar-refractivity contribution < 1.29 is 36.6 Å². The molecule has 1 fully saturated rings. The first kappa shape index (κ1) is 23.9. The molecule has 0 aliphatic heterocycles. The summed E-state index contributed by atoms with van der Waals surface area (Å²) in [6.45, 7) is 0. The average Bonchev–Trinajstić information content (AvgIpc) is 3.50. The van der Waals surface area contributed by atoms with Gasteiger partial charge in [0, 0.05) is 26.4 Å². The van der Waals surface area contributed by atoms with Gasteiger partial charge in [-0.05, 0) is 54.6 Å². The molecule has 36 heavy (non-hydrogen) atoms. The third-order valence-corrected chi connectivity index (χ3v) is 7.38. The molecule has 4 aromatic rings. The summed E-state index contributed by atoms with van der Waals surface area (Å²) in [4.78, 5) is 25.4. The van der Waals surface area contributed by atoms with E-state index in [0.29, 0.717) is 17.0 Å². The van der Waals surface area contributed by atoms with Crippen LogP contribution in [0, 0.1) is 11.6 Å². The molecule has 4 nitrogen and oxygen atoms in total. The summed E-state index contributed by atoms with van der Waals surface area (Å²) >= 11 is 1.22. The van der Waals surface area contributed by atoms with E-state index < -0.39 is 40.7 Å². The van der Waals surface area contributed by atoms with E-state index in [9.17, 15) is 32.3 Å². The van der Waals surface area contributed by atoms with Crippen LogP contribution in [-0.2, 0) is 16.4 Å². The summed E-state index contributed by atoms with van der Waals surface area (Å²) in [5.41, 5.74) is -3.45. The van der Waals surface area contributed by atoms with Crippen molar-refractivity contribution in [3.05, 3.63) is 89.0 Å². The number of amides is 1. The van der Waals surface area contributed by atoms with Gasteiger partial charge in [0.2, 0.25) is 5.91 Å². The molecule has 5 rings (SSSR count).